The van der Waals surface area contributed by atoms with Crippen LogP contribution in [0.4, 0.5) is 0 Å². The maximum atomic E-state index is 13.9. The highest BCUT2D eigenvalue weighted by Crippen LogP contribution is 2.53. The van der Waals surface area contributed by atoms with Gasteiger partial charge in [-0.2, -0.15) is 0 Å². The Labute approximate surface area is 234 Å². The number of methoxy groups -OCH3 is 3. The Kier molecular flexibility index (Phi) is 6.93. The molecule has 0 spiro atoms. The van der Waals surface area contributed by atoms with Crippen LogP contribution in [0.2, 0.25) is 0 Å². The molecule has 6 heteroatoms. The third-order valence-electron chi connectivity index (χ3n) is 8.31. The summed E-state index contributed by atoms with van der Waals surface area (Å²) in [5.41, 5.74) is 4.09. The second-order valence-corrected chi connectivity index (χ2v) is 10.5. The fourth-order valence-electron chi connectivity index (χ4n) is 6.44. The second kappa shape index (κ2) is 10.7. The van der Waals surface area contributed by atoms with E-state index in [4.69, 9.17) is 18.9 Å². The van der Waals surface area contributed by atoms with Gasteiger partial charge in [0, 0.05) is 42.7 Å². The lowest BCUT2D eigenvalue weighted by Crippen LogP contribution is -2.33. The Morgan fingerprint density at radius 1 is 0.600 bits per heavy atom. The van der Waals surface area contributed by atoms with E-state index in [-0.39, 0.29) is 23.4 Å². The van der Waals surface area contributed by atoms with Crippen LogP contribution in [-0.2, 0) is 14.3 Å². The van der Waals surface area contributed by atoms with E-state index in [1.807, 2.05) is 48.5 Å². The summed E-state index contributed by atoms with van der Waals surface area (Å²) in [6, 6.07) is 23.9. The minimum Gasteiger partial charge on any atom is -0.493 e. The van der Waals surface area contributed by atoms with Gasteiger partial charge in [-0.15, -0.1) is 0 Å². The number of carbonyl (C=O) groups excluding carboxylic acids is 2. The zero-order valence-corrected chi connectivity index (χ0v) is 22.9. The lowest BCUT2D eigenvalue weighted by Gasteiger charge is -2.39. The highest BCUT2D eigenvalue weighted by molar-refractivity contribution is 6.06. The summed E-state index contributed by atoms with van der Waals surface area (Å²) < 4.78 is 23.4. The van der Waals surface area contributed by atoms with Gasteiger partial charge in [0.05, 0.1) is 21.3 Å². The van der Waals surface area contributed by atoms with Crippen LogP contribution >= 0.6 is 0 Å². The standard InChI is InChI=1S/C34H32O6/c1-37-29-18-24(19-30(38-2)34(29)39-3)31-32-25(35)14-22(20-10-6-4-7-11-20)16-27(32)40-28-17-23(15-26(36)33(28)31)21-12-8-5-9-13-21/h4-13,18-19,22-23,31H,14-17H2,1-3H3/t22-,23+,31?. The van der Waals surface area contributed by atoms with Gasteiger partial charge in [0.2, 0.25) is 5.75 Å². The number of hydrogen-bond acceptors (Lipinski definition) is 6. The van der Waals surface area contributed by atoms with Gasteiger partial charge in [0.25, 0.3) is 0 Å². The highest BCUT2D eigenvalue weighted by atomic mass is 16.5. The van der Waals surface area contributed by atoms with Crippen LogP contribution in [0.5, 0.6) is 17.2 Å². The van der Waals surface area contributed by atoms with Crippen LogP contribution in [0.25, 0.3) is 0 Å². The smallest absolute Gasteiger partial charge is 0.203 e. The van der Waals surface area contributed by atoms with Gasteiger partial charge in [-0.3, -0.25) is 9.59 Å². The average molecular weight is 537 g/mol. The molecule has 3 aromatic carbocycles. The first-order valence-electron chi connectivity index (χ1n) is 13.6. The average Bonchev–Trinajstić information content (AvgIpc) is 2.99. The lowest BCUT2D eigenvalue weighted by atomic mass is 9.69. The number of ketones is 2. The first-order chi connectivity index (χ1) is 19.5. The molecule has 0 amide bonds. The Bertz CT molecular complexity index is 1410. The molecule has 0 radical (unpaired) electrons. The van der Waals surface area contributed by atoms with Crippen molar-refractivity contribution in [2.24, 2.45) is 0 Å². The molecule has 6 rings (SSSR count). The SMILES string of the molecule is COc1cc(C2C3=C(C[C@H](c4ccccc4)CC3=O)OC3=C2C(=O)C[C@H](c2ccccc2)C3)cc(OC)c1OC. The van der Waals surface area contributed by atoms with Crippen LogP contribution in [0, 0.1) is 0 Å². The van der Waals surface area contributed by atoms with E-state index in [1.54, 1.807) is 21.3 Å². The summed E-state index contributed by atoms with van der Waals surface area (Å²) in [7, 11) is 4.68. The minimum absolute atomic E-state index is 0.00149. The van der Waals surface area contributed by atoms with Crippen molar-refractivity contribution < 1.29 is 28.5 Å². The Morgan fingerprint density at radius 3 is 1.45 bits per heavy atom. The molecule has 1 unspecified atom stereocenters. The number of rotatable bonds is 6. The topological polar surface area (TPSA) is 71.1 Å². The minimum atomic E-state index is -0.569. The summed E-state index contributed by atoms with van der Waals surface area (Å²) in [6.45, 7) is 0. The van der Waals surface area contributed by atoms with Crippen LogP contribution in [0.3, 0.4) is 0 Å². The summed E-state index contributed by atoms with van der Waals surface area (Å²) in [4.78, 5) is 27.9. The number of Topliss-reactive ketones (excluding diaryl/α,β-unsaturated/α-hetero) is 2. The Balaban J connectivity index is 1.50. The van der Waals surface area contributed by atoms with Crippen LogP contribution in [0.15, 0.2) is 95.5 Å². The predicted octanol–water partition coefficient (Wildman–Crippen LogP) is 6.63. The van der Waals surface area contributed by atoms with Gasteiger partial charge in [-0.1, -0.05) is 60.7 Å². The summed E-state index contributed by atoms with van der Waals surface area (Å²) in [5, 5.41) is 0. The van der Waals surface area contributed by atoms with Crippen molar-refractivity contribution in [3.63, 3.8) is 0 Å². The summed E-state index contributed by atoms with van der Waals surface area (Å²) >= 11 is 0. The van der Waals surface area contributed by atoms with Gasteiger partial charge in [-0.25, -0.2) is 0 Å². The van der Waals surface area contributed by atoms with Crippen molar-refractivity contribution >= 4 is 11.6 Å². The molecule has 0 N–H and O–H groups in total. The van der Waals surface area contributed by atoms with Crippen molar-refractivity contribution in [3.05, 3.63) is 112 Å². The molecular weight excluding hydrogens is 504 g/mol. The van der Waals surface area contributed by atoms with E-state index in [0.29, 0.717) is 65.6 Å². The molecule has 3 aliphatic rings. The van der Waals surface area contributed by atoms with Crippen molar-refractivity contribution in [3.8, 4) is 17.2 Å². The van der Waals surface area contributed by atoms with Crippen molar-refractivity contribution in [1.29, 1.82) is 0 Å². The second-order valence-electron chi connectivity index (χ2n) is 10.5. The summed E-state index contributed by atoms with van der Waals surface area (Å²) in [6.07, 6.45) is 1.90. The van der Waals surface area contributed by atoms with Crippen LogP contribution < -0.4 is 14.2 Å². The zero-order valence-electron chi connectivity index (χ0n) is 22.9. The molecule has 0 fully saturated rings. The van der Waals surface area contributed by atoms with E-state index in [1.165, 1.54) is 0 Å². The number of allylic oxidation sites excluding steroid dienone is 4. The van der Waals surface area contributed by atoms with Crippen molar-refractivity contribution in [2.75, 3.05) is 21.3 Å². The Hall–Kier alpha value is -4.32. The van der Waals surface area contributed by atoms with Crippen LogP contribution in [0.1, 0.15) is 60.1 Å². The fourth-order valence-corrected chi connectivity index (χ4v) is 6.44. The van der Waals surface area contributed by atoms with Crippen LogP contribution in [-0.4, -0.2) is 32.9 Å². The maximum Gasteiger partial charge on any atom is 0.203 e. The molecule has 204 valence electrons. The molecular formula is C34H32O6. The molecule has 3 atom stereocenters. The molecule has 0 bridgehead atoms. The number of carbonyl (C=O) groups is 2. The molecule has 2 aliphatic carbocycles. The van der Waals surface area contributed by atoms with E-state index < -0.39 is 5.92 Å². The first-order valence-corrected chi connectivity index (χ1v) is 13.6. The van der Waals surface area contributed by atoms with Gasteiger partial charge >= 0.3 is 0 Å². The molecule has 0 saturated carbocycles. The first kappa shape index (κ1) is 25.9. The van der Waals surface area contributed by atoms with Gasteiger partial charge in [0.15, 0.2) is 23.1 Å². The largest absolute Gasteiger partial charge is 0.493 e. The quantitative estimate of drug-likeness (QED) is 0.352. The van der Waals surface area contributed by atoms with E-state index in [9.17, 15) is 9.59 Å². The monoisotopic (exact) mass is 536 g/mol. The van der Waals surface area contributed by atoms with Crippen molar-refractivity contribution in [1.82, 2.24) is 0 Å². The predicted molar refractivity (Wildman–Crippen MR) is 151 cm³/mol. The van der Waals surface area contributed by atoms with Gasteiger partial charge in [-0.05, 0) is 40.7 Å². The molecule has 3 aromatic rings. The normalized spacial score (nSPS) is 22.3. The molecule has 1 heterocycles. The highest BCUT2D eigenvalue weighted by Gasteiger charge is 2.46. The van der Waals surface area contributed by atoms with Crippen molar-refractivity contribution in [2.45, 2.75) is 43.4 Å². The summed E-state index contributed by atoms with van der Waals surface area (Å²) in [5.74, 6) is 2.18. The molecule has 1 aliphatic heterocycles. The van der Waals surface area contributed by atoms with E-state index in [0.717, 1.165) is 16.7 Å². The molecule has 0 saturated heterocycles. The lowest BCUT2D eigenvalue weighted by molar-refractivity contribution is -0.118. The fraction of sp³-hybridized carbons (Fsp3) is 0.294. The number of hydrogen-bond donors (Lipinski definition) is 0. The van der Waals surface area contributed by atoms with Gasteiger partial charge in [0.1, 0.15) is 11.5 Å². The van der Waals surface area contributed by atoms with E-state index in [2.05, 4.69) is 24.3 Å². The molecule has 6 nitrogen and oxygen atoms in total. The Morgan fingerprint density at radius 2 is 1.05 bits per heavy atom. The number of ether oxygens (including phenoxy) is 4. The maximum absolute atomic E-state index is 13.9. The third-order valence-corrected chi connectivity index (χ3v) is 8.31. The zero-order chi connectivity index (χ0) is 27.8. The number of benzene rings is 3. The third kappa shape index (κ3) is 4.47. The molecule has 0 aromatic heterocycles. The van der Waals surface area contributed by atoms with Gasteiger partial charge < -0.3 is 18.9 Å². The molecule has 40 heavy (non-hydrogen) atoms. The van der Waals surface area contributed by atoms with E-state index >= 15 is 0 Å².